The average Bonchev–Trinajstić information content (AvgIpc) is 2.55. The van der Waals surface area contributed by atoms with Gasteiger partial charge in [-0.05, 0) is 31.1 Å². The number of carbonyl (C=O) groups excluding carboxylic acids is 1. The summed E-state index contributed by atoms with van der Waals surface area (Å²) in [7, 11) is 3.23. The smallest absolute Gasteiger partial charge is 0.244 e. The summed E-state index contributed by atoms with van der Waals surface area (Å²) in [5.74, 6) is 1.39. The van der Waals surface area contributed by atoms with Crippen LogP contribution in [-0.4, -0.2) is 26.2 Å². The highest BCUT2D eigenvalue weighted by atomic mass is 16.5. The number of hydrogen-bond donors (Lipinski definition) is 1. The molecule has 1 aromatic carbocycles. The van der Waals surface area contributed by atoms with Crippen LogP contribution in [0.15, 0.2) is 24.3 Å². The predicted octanol–water partition coefficient (Wildman–Crippen LogP) is 3.95. The van der Waals surface area contributed by atoms with Crippen LogP contribution in [0.25, 0.3) is 6.08 Å². The Balaban J connectivity index is 1.94. The van der Waals surface area contributed by atoms with Crippen molar-refractivity contribution >= 4 is 12.0 Å². The Kier molecular flexibility index (Phi) is 6.98. The highest BCUT2D eigenvalue weighted by Crippen LogP contribution is 2.25. The molecule has 2 rings (SSSR count). The molecule has 0 bridgehead atoms. The average molecular weight is 317 g/mol. The summed E-state index contributed by atoms with van der Waals surface area (Å²) >= 11 is 0. The molecule has 0 radical (unpaired) electrons. The van der Waals surface area contributed by atoms with Gasteiger partial charge in [-0.1, -0.05) is 32.1 Å². The van der Waals surface area contributed by atoms with Crippen LogP contribution in [0.3, 0.4) is 0 Å². The maximum atomic E-state index is 12.1. The van der Waals surface area contributed by atoms with E-state index in [0.29, 0.717) is 11.8 Å². The zero-order valence-corrected chi connectivity index (χ0v) is 14.1. The van der Waals surface area contributed by atoms with Gasteiger partial charge in [0.1, 0.15) is 11.5 Å². The van der Waals surface area contributed by atoms with E-state index in [-0.39, 0.29) is 5.91 Å². The normalized spacial score (nSPS) is 16.6. The standard InChI is InChI=1S/C19H27NO3/c1-22-17-12-10-15(18(14-17)23-2)11-13-19(21)20-16-8-6-4-3-5-7-9-16/h10-14,16H,3-9H2,1-2H3,(H,20,21)/b13-11+. The Morgan fingerprint density at radius 2 is 1.78 bits per heavy atom. The van der Waals surface area contributed by atoms with Crippen molar-refractivity contribution in [1.29, 1.82) is 0 Å². The first-order valence-electron chi connectivity index (χ1n) is 8.43. The summed E-state index contributed by atoms with van der Waals surface area (Å²) < 4.78 is 10.5. The Morgan fingerprint density at radius 3 is 2.43 bits per heavy atom. The van der Waals surface area contributed by atoms with E-state index in [0.717, 1.165) is 24.2 Å². The molecule has 0 atom stereocenters. The van der Waals surface area contributed by atoms with Crippen LogP contribution >= 0.6 is 0 Å². The monoisotopic (exact) mass is 317 g/mol. The third-order valence-corrected chi connectivity index (χ3v) is 4.31. The van der Waals surface area contributed by atoms with Crippen molar-refractivity contribution < 1.29 is 14.3 Å². The second kappa shape index (κ2) is 9.23. The largest absolute Gasteiger partial charge is 0.497 e. The molecule has 0 spiro atoms. The summed E-state index contributed by atoms with van der Waals surface area (Å²) in [6.45, 7) is 0. The molecule has 1 aliphatic carbocycles. The predicted molar refractivity (Wildman–Crippen MR) is 92.8 cm³/mol. The molecule has 0 saturated heterocycles. The van der Waals surface area contributed by atoms with Gasteiger partial charge in [-0.2, -0.15) is 0 Å². The second-order valence-corrected chi connectivity index (χ2v) is 5.99. The fourth-order valence-electron chi connectivity index (χ4n) is 2.97. The number of amides is 1. The number of benzene rings is 1. The van der Waals surface area contributed by atoms with Crippen LogP contribution in [0.1, 0.15) is 50.5 Å². The summed E-state index contributed by atoms with van der Waals surface area (Å²) in [5.41, 5.74) is 0.862. The van der Waals surface area contributed by atoms with Gasteiger partial charge in [0.15, 0.2) is 0 Å². The lowest BCUT2D eigenvalue weighted by Crippen LogP contribution is -2.34. The van der Waals surface area contributed by atoms with Gasteiger partial charge in [0.2, 0.25) is 5.91 Å². The van der Waals surface area contributed by atoms with Gasteiger partial charge in [0.05, 0.1) is 14.2 Å². The molecule has 1 aliphatic rings. The van der Waals surface area contributed by atoms with Gasteiger partial charge in [-0.25, -0.2) is 0 Å². The lowest BCUT2D eigenvalue weighted by atomic mass is 9.97. The van der Waals surface area contributed by atoms with Crippen LogP contribution in [0.2, 0.25) is 0 Å². The zero-order chi connectivity index (χ0) is 16.5. The molecule has 1 aromatic rings. The van der Waals surface area contributed by atoms with Crippen molar-refractivity contribution in [3.05, 3.63) is 29.8 Å². The minimum absolute atomic E-state index is 0.0338. The van der Waals surface area contributed by atoms with Gasteiger partial charge >= 0.3 is 0 Å². The first-order valence-corrected chi connectivity index (χ1v) is 8.43. The third kappa shape index (κ3) is 5.62. The van der Waals surface area contributed by atoms with Crippen LogP contribution in [0.5, 0.6) is 11.5 Å². The lowest BCUT2D eigenvalue weighted by Gasteiger charge is -2.20. The molecule has 0 unspecified atom stereocenters. The first-order chi connectivity index (χ1) is 11.2. The van der Waals surface area contributed by atoms with Crippen molar-refractivity contribution in [2.24, 2.45) is 0 Å². The van der Waals surface area contributed by atoms with Crippen LogP contribution in [0.4, 0.5) is 0 Å². The highest BCUT2D eigenvalue weighted by Gasteiger charge is 2.12. The maximum Gasteiger partial charge on any atom is 0.244 e. The maximum absolute atomic E-state index is 12.1. The minimum Gasteiger partial charge on any atom is -0.497 e. The summed E-state index contributed by atoms with van der Waals surface area (Å²) in [4.78, 5) is 12.1. The van der Waals surface area contributed by atoms with Gasteiger partial charge in [0.25, 0.3) is 0 Å². The van der Waals surface area contributed by atoms with Crippen LogP contribution < -0.4 is 14.8 Å². The molecule has 1 saturated carbocycles. The van der Waals surface area contributed by atoms with Crippen molar-refractivity contribution in [3.63, 3.8) is 0 Å². The quantitative estimate of drug-likeness (QED) is 0.837. The van der Waals surface area contributed by atoms with E-state index in [2.05, 4.69) is 5.32 Å². The van der Waals surface area contributed by atoms with E-state index in [9.17, 15) is 4.79 Å². The van der Waals surface area contributed by atoms with Gasteiger partial charge in [-0.3, -0.25) is 4.79 Å². The van der Waals surface area contributed by atoms with Crippen molar-refractivity contribution in [3.8, 4) is 11.5 Å². The van der Waals surface area contributed by atoms with E-state index < -0.39 is 0 Å². The van der Waals surface area contributed by atoms with E-state index >= 15 is 0 Å². The number of ether oxygens (including phenoxy) is 2. The van der Waals surface area contributed by atoms with E-state index in [4.69, 9.17) is 9.47 Å². The number of rotatable bonds is 5. The lowest BCUT2D eigenvalue weighted by molar-refractivity contribution is -0.117. The fraction of sp³-hybridized carbons (Fsp3) is 0.526. The number of methoxy groups -OCH3 is 2. The van der Waals surface area contributed by atoms with E-state index in [1.54, 1.807) is 26.4 Å². The van der Waals surface area contributed by atoms with Crippen LogP contribution in [-0.2, 0) is 4.79 Å². The summed E-state index contributed by atoms with van der Waals surface area (Å²) in [6, 6.07) is 5.86. The van der Waals surface area contributed by atoms with E-state index in [1.807, 2.05) is 18.2 Å². The Hall–Kier alpha value is -1.97. The number of nitrogens with one attached hydrogen (secondary N) is 1. The molecule has 1 amide bonds. The van der Waals surface area contributed by atoms with Crippen LogP contribution in [0, 0.1) is 0 Å². The summed E-state index contributed by atoms with van der Waals surface area (Å²) in [6.07, 6.45) is 11.9. The molecule has 0 heterocycles. The Labute approximate surface area is 138 Å². The molecule has 0 aliphatic heterocycles. The van der Waals surface area contributed by atoms with Gasteiger partial charge < -0.3 is 14.8 Å². The van der Waals surface area contributed by atoms with Crippen molar-refractivity contribution in [2.75, 3.05) is 14.2 Å². The third-order valence-electron chi connectivity index (χ3n) is 4.31. The van der Waals surface area contributed by atoms with Crippen molar-refractivity contribution in [2.45, 2.75) is 51.0 Å². The molecular formula is C19H27NO3. The molecule has 4 heteroatoms. The Morgan fingerprint density at radius 1 is 1.09 bits per heavy atom. The molecular weight excluding hydrogens is 290 g/mol. The SMILES string of the molecule is COc1ccc(/C=C/C(=O)NC2CCCCCCC2)c(OC)c1. The Bertz CT molecular complexity index is 531. The number of carbonyl (C=O) groups is 1. The molecule has 23 heavy (non-hydrogen) atoms. The molecule has 1 N–H and O–H groups in total. The number of hydrogen-bond acceptors (Lipinski definition) is 3. The molecule has 126 valence electrons. The highest BCUT2D eigenvalue weighted by molar-refractivity contribution is 5.92. The molecule has 4 nitrogen and oxygen atoms in total. The topological polar surface area (TPSA) is 47.6 Å². The zero-order valence-electron chi connectivity index (χ0n) is 14.1. The first kappa shape index (κ1) is 17.4. The van der Waals surface area contributed by atoms with Gasteiger partial charge in [-0.15, -0.1) is 0 Å². The summed E-state index contributed by atoms with van der Waals surface area (Å²) in [5, 5.41) is 3.13. The van der Waals surface area contributed by atoms with E-state index in [1.165, 1.54) is 32.1 Å². The van der Waals surface area contributed by atoms with Gasteiger partial charge in [0, 0.05) is 23.7 Å². The molecule has 1 fully saturated rings. The molecule has 0 aromatic heterocycles. The van der Waals surface area contributed by atoms with Crippen molar-refractivity contribution in [1.82, 2.24) is 5.32 Å². The minimum atomic E-state index is -0.0338. The second-order valence-electron chi connectivity index (χ2n) is 5.99. The fourth-order valence-corrected chi connectivity index (χ4v) is 2.97.